The summed E-state index contributed by atoms with van der Waals surface area (Å²) < 4.78 is 31.6. The van der Waals surface area contributed by atoms with E-state index in [9.17, 15) is 8.42 Å². The van der Waals surface area contributed by atoms with Crippen LogP contribution in [0.3, 0.4) is 0 Å². The fourth-order valence-corrected chi connectivity index (χ4v) is 3.50. The molecule has 0 atom stereocenters. The second kappa shape index (κ2) is 6.35. The van der Waals surface area contributed by atoms with Gasteiger partial charge in [0.25, 0.3) is 10.0 Å². The van der Waals surface area contributed by atoms with Crippen molar-refractivity contribution >= 4 is 15.8 Å². The predicted octanol–water partition coefficient (Wildman–Crippen LogP) is 1.68. The summed E-state index contributed by atoms with van der Waals surface area (Å²) in [5.41, 5.74) is 0.584. The van der Waals surface area contributed by atoms with Crippen molar-refractivity contribution in [2.45, 2.75) is 25.7 Å². The third-order valence-electron chi connectivity index (χ3n) is 3.43. The van der Waals surface area contributed by atoms with Crippen molar-refractivity contribution in [3.8, 4) is 5.75 Å². The van der Waals surface area contributed by atoms with Crippen LogP contribution >= 0.6 is 0 Å². The van der Waals surface area contributed by atoms with Crippen LogP contribution in [0.4, 0.5) is 5.82 Å². The molecule has 0 saturated carbocycles. The van der Waals surface area contributed by atoms with Crippen LogP contribution in [-0.2, 0) is 10.0 Å². The maximum absolute atomic E-state index is 12.8. The molecule has 0 saturated heterocycles. The van der Waals surface area contributed by atoms with Crippen molar-refractivity contribution in [1.29, 1.82) is 0 Å². The molecule has 0 fully saturated rings. The molecule has 0 unspecified atom stereocenters. The molecule has 120 valence electrons. The van der Waals surface area contributed by atoms with Gasteiger partial charge in [-0.1, -0.05) is 0 Å². The minimum Gasteiger partial charge on any atom is -0.497 e. The lowest BCUT2D eigenvalue weighted by Crippen LogP contribution is -2.28. The zero-order valence-corrected chi connectivity index (χ0v) is 14.0. The molecule has 0 aliphatic heterocycles. The van der Waals surface area contributed by atoms with Gasteiger partial charge >= 0.3 is 0 Å². The molecule has 0 amide bonds. The monoisotopic (exact) mass is 324 g/mol. The molecule has 1 aromatic carbocycles. The Morgan fingerprint density at radius 1 is 1.18 bits per heavy atom. The predicted molar refractivity (Wildman–Crippen MR) is 83.9 cm³/mol. The molecule has 22 heavy (non-hydrogen) atoms. The number of rotatable bonds is 6. The van der Waals surface area contributed by atoms with E-state index < -0.39 is 10.0 Å². The SMILES string of the molecule is CCN(CC)c1c(C)nnn1S(=O)(=O)c1ccc(OC)cc1. The van der Waals surface area contributed by atoms with Gasteiger partial charge in [-0.2, -0.15) is 8.42 Å². The summed E-state index contributed by atoms with van der Waals surface area (Å²) in [5.74, 6) is 1.10. The van der Waals surface area contributed by atoms with E-state index in [-0.39, 0.29) is 4.90 Å². The number of aromatic nitrogens is 3. The Kier molecular flexibility index (Phi) is 4.70. The largest absolute Gasteiger partial charge is 0.497 e. The van der Waals surface area contributed by atoms with Crippen molar-refractivity contribution in [1.82, 2.24) is 14.4 Å². The zero-order valence-electron chi connectivity index (χ0n) is 13.1. The zero-order chi connectivity index (χ0) is 16.3. The number of methoxy groups -OCH3 is 1. The highest BCUT2D eigenvalue weighted by molar-refractivity contribution is 7.90. The lowest BCUT2D eigenvalue weighted by molar-refractivity contribution is 0.414. The fraction of sp³-hybridized carbons (Fsp3) is 0.429. The molecule has 1 aromatic heterocycles. The van der Waals surface area contributed by atoms with Crippen molar-refractivity contribution in [3.63, 3.8) is 0 Å². The van der Waals surface area contributed by atoms with Gasteiger partial charge in [0.05, 0.1) is 12.0 Å². The number of aryl methyl sites for hydroxylation is 1. The number of ether oxygens (including phenoxy) is 1. The highest BCUT2D eigenvalue weighted by atomic mass is 32.2. The summed E-state index contributed by atoms with van der Waals surface area (Å²) in [6, 6.07) is 6.20. The molecular formula is C14H20N4O3S. The molecular weight excluding hydrogens is 304 g/mol. The van der Waals surface area contributed by atoms with Gasteiger partial charge in [-0.3, -0.25) is 0 Å². The van der Waals surface area contributed by atoms with Crippen LogP contribution in [-0.4, -0.2) is 43.0 Å². The third kappa shape index (κ3) is 2.78. The fourth-order valence-electron chi connectivity index (χ4n) is 2.22. The maximum atomic E-state index is 12.8. The highest BCUT2D eigenvalue weighted by Crippen LogP contribution is 2.24. The number of hydrogen-bond acceptors (Lipinski definition) is 6. The Morgan fingerprint density at radius 2 is 1.77 bits per heavy atom. The van der Waals surface area contributed by atoms with Crippen LogP contribution in [0, 0.1) is 6.92 Å². The Morgan fingerprint density at radius 3 is 2.27 bits per heavy atom. The Hall–Kier alpha value is -2.09. The molecule has 1 heterocycles. The van der Waals surface area contributed by atoms with Crippen molar-refractivity contribution in [2.75, 3.05) is 25.1 Å². The molecule has 0 aliphatic carbocycles. The van der Waals surface area contributed by atoms with E-state index in [4.69, 9.17) is 4.74 Å². The second-order valence-corrected chi connectivity index (χ2v) is 6.46. The standard InChI is InChI=1S/C14H20N4O3S/c1-5-17(6-2)14-11(3)15-16-18(14)22(19,20)13-9-7-12(21-4)8-10-13/h7-10H,5-6H2,1-4H3. The van der Waals surface area contributed by atoms with Gasteiger partial charge in [0.15, 0.2) is 5.82 Å². The van der Waals surface area contributed by atoms with E-state index in [1.54, 1.807) is 19.1 Å². The Balaban J connectivity index is 2.54. The van der Waals surface area contributed by atoms with Gasteiger partial charge in [-0.25, -0.2) is 0 Å². The van der Waals surface area contributed by atoms with Crippen LogP contribution in [0.1, 0.15) is 19.5 Å². The molecule has 2 rings (SSSR count). The molecule has 0 N–H and O–H groups in total. The van der Waals surface area contributed by atoms with E-state index in [1.807, 2.05) is 18.7 Å². The molecule has 2 aromatic rings. The molecule has 0 bridgehead atoms. The van der Waals surface area contributed by atoms with E-state index in [1.165, 1.54) is 19.2 Å². The Bertz CT molecular complexity index is 734. The molecule has 8 heteroatoms. The first-order valence-electron chi connectivity index (χ1n) is 7.02. The summed E-state index contributed by atoms with van der Waals surface area (Å²) >= 11 is 0. The quantitative estimate of drug-likeness (QED) is 0.804. The van der Waals surface area contributed by atoms with Gasteiger partial charge in [-0.15, -0.1) is 9.19 Å². The van der Waals surface area contributed by atoms with Gasteiger partial charge < -0.3 is 9.64 Å². The first-order valence-corrected chi connectivity index (χ1v) is 8.46. The number of hydrogen-bond donors (Lipinski definition) is 0. The van der Waals surface area contributed by atoms with E-state index in [0.29, 0.717) is 30.4 Å². The lowest BCUT2D eigenvalue weighted by Gasteiger charge is -2.21. The lowest BCUT2D eigenvalue weighted by atomic mass is 10.3. The van der Waals surface area contributed by atoms with Crippen LogP contribution < -0.4 is 9.64 Å². The van der Waals surface area contributed by atoms with Gasteiger partial charge in [0.1, 0.15) is 11.4 Å². The normalized spacial score (nSPS) is 11.5. The van der Waals surface area contributed by atoms with Gasteiger partial charge in [0.2, 0.25) is 0 Å². The molecule has 0 radical (unpaired) electrons. The van der Waals surface area contributed by atoms with Crippen molar-refractivity contribution < 1.29 is 13.2 Å². The second-order valence-electron chi connectivity index (χ2n) is 4.69. The molecule has 0 aliphatic rings. The van der Waals surface area contributed by atoms with Crippen LogP contribution in [0.2, 0.25) is 0 Å². The summed E-state index contributed by atoms with van der Waals surface area (Å²) in [6.45, 7) is 7.01. The van der Waals surface area contributed by atoms with Crippen LogP contribution in [0.25, 0.3) is 0 Å². The minimum atomic E-state index is -3.79. The topological polar surface area (TPSA) is 77.3 Å². The number of anilines is 1. The third-order valence-corrected chi connectivity index (χ3v) is 5.00. The van der Waals surface area contributed by atoms with E-state index in [0.717, 1.165) is 4.09 Å². The number of benzene rings is 1. The Labute approximate surface area is 130 Å². The van der Waals surface area contributed by atoms with Crippen LogP contribution in [0.15, 0.2) is 29.2 Å². The summed E-state index contributed by atoms with van der Waals surface area (Å²) in [7, 11) is -2.26. The summed E-state index contributed by atoms with van der Waals surface area (Å²) in [5, 5.41) is 7.76. The van der Waals surface area contributed by atoms with Gasteiger partial charge in [-0.05, 0) is 50.3 Å². The van der Waals surface area contributed by atoms with Crippen molar-refractivity contribution in [3.05, 3.63) is 30.0 Å². The first-order chi connectivity index (χ1) is 10.5. The average Bonchev–Trinajstić information content (AvgIpc) is 2.91. The summed E-state index contributed by atoms with van der Waals surface area (Å²) in [6.07, 6.45) is 0. The van der Waals surface area contributed by atoms with Gasteiger partial charge in [0, 0.05) is 13.1 Å². The first kappa shape index (κ1) is 16.3. The number of nitrogens with zero attached hydrogens (tertiary/aromatic N) is 4. The minimum absolute atomic E-state index is 0.145. The molecule has 7 nitrogen and oxygen atoms in total. The van der Waals surface area contributed by atoms with Crippen molar-refractivity contribution in [2.24, 2.45) is 0 Å². The highest BCUT2D eigenvalue weighted by Gasteiger charge is 2.26. The van der Waals surface area contributed by atoms with E-state index >= 15 is 0 Å². The van der Waals surface area contributed by atoms with E-state index in [2.05, 4.69) is 10.3 Å². The molecule has 0 spiro atoms. The van der Waals surface area contributed by atoms with Crippen LogP contribution in [0.5, 0.6) is 5.75 Å². The summed E-state index contributed by atoms with van der Waals surface area (Å²) in [4.78, 5) is 2.06. The smallest absolute Gasteiger partial charge is 0.286 e. The average molecular weight is 324 g/mol. The maximum Gasteiger partial charge on any atom is 0.286 e.